The maximum atomic E-state index is 2.33. The molecule has 21 valence electrons. The molecule has 0 atom stereocenters. The van der Waals surface area contributed by atoms with Crippen LogP contribution >= 0.6 is 0 Å². The second kappa shape index (κ2) is 1.46. The van der Waals surface area contributed by atoms with Crippen molar-refractivity contribution in [2.75, 3.05) is 0 Å². The van der Waals surface area contributed by atoms with E-state index in [2.05, 4.69) is 35.3 Å². The van der Waals surface area contributed by atoms with Gasteiger partial charge in [-0.1, -0.05) is 0 Å². The molecule has 2 fully saturated rings. The van der Waals surface area contributed by atoms with Crippen molar-refractivity contribution in [1.82, 2.24) is 0 Å². The highest BCUT2D eigenvalue weighted by Gasteiger charge is 2.35. The molecule has 0 spiro atoms. The van der Waals surface area contributed by atoms with Crippen LogP contribution in [0.3, 0.4) is 0 Å². The van der Waals surface area contributed by atoms with E-state index < -0.39 is 0 Å². The van der Waals surface area contributed by atoms with Gasteiger partial charge in [0.25, 0.3) is 0 Å². The third-order valence-electron chi connectivity index (χ3n) is 1.56. The van der Waals surface area contributed by atoms with Gasteiger partial charge in [0.2, 0.25) is 0 Å². The van der Waals surface area contributed by atoms with Crippen LogP contribution in [0.1, 0.15) is 0 Å². The van der Waals surface area contributed by atoms with Crippen LogP contribution in [-0.2, 0) is 0 Å². The zero-order valence-corrected chi connectivity index (χ0v) is 4.04. The van der Waals surface area contributed by atoms with Gasteiger partial charge in [-0.2, -0.15) is 0 Å². The molecule has 0 aromatic rings. The van der Waals surface area contributed by atoms with Crippen molar-refractivity contribution >= 4 is 48.1 Å². The van der Waals surface area contributed by atoms with Crippen molar-refractivity contribution in [3.63, 3.8) is 0 Å². The van der Waals surface area contributed by atoms with Gasteiger partial charge in [-0.15, -0.1) is 0 Å². The van der Waals surface area contributed by atoms with Crippen molar-refractivity contribution < 1.29 is 0 Å². The van der Waals surface area contributed by atoms with E-state index in [1.165, 1.54) is 0 Å². The maximum Gasteiger partial charge on any atom is 0 e. The summed E-state index contributed by atoms with van der Waals surface area (Å²) in [5.74, 6) is 0. The van der Waals surface area contributed by atoms with Crippen LogP contribution < -0.4 is 0 Å². The van der Waals surface area contributed by atoms with Gasteiger partial charge < -0.3 is 0 Å². The van der Waals surface area contributed by atoms with Gasteiger partial charge in [-0.3, -0.25) is 0 Å². The van der Waals surface area contributed by atoms with Crippen LogP contribution in [0.25, 0.3) is 0 Å². The molecule has 7 heavy (non-hydrogen) atoms. The topological polar surface area (TPSA) is 0 Å². The van der Waals surface area contributed by atoms with E-state index in [1.807, 2.05) is 0 Å². The van der Waals surface area contributed by atoms with E-state index in [0.29, 0.717) is 12.8 Å². The average molecular weight is 75.7 g/mol. The van der Waals surface area contributed by atoms with Crippen LogP contribution in [0, 0.1) is 0 Å². The van der Waals surface area contributed by atoms with Crippen LogP contribution in [0.4, 0.5) is 0 Å². The highest BCUT2D eigenvalue weighted by Crippen LogP contribution is 1.97. The molecule has 0 unspecified atom stereocenters. The summed E-state index contributed by atoms with van der Waals surface area (Å²) in [6.07, 6.45) is 1.37. The summed E-state index contributed by atoms with van der Waals surface area (Å²) < 4.78 is 0. The van der Waals surface area contributed by atoms with Gasteiger partial charge >= 0.3 is 0 Å². The predicted molar refractivity (Wildman–Crippen MR) is 40.3 cm³/mol. The van der Waals surface area contributed by atoms with Crippen LogP contribution in [-0.4, -0.2) is 48.1 Å². The van der Waals surface area contributed by atoms with Crippen molar-refractivity contribution in [3.8, 4) is 0 Å². The van der Waals surface area contributed by atoms with Crippen LogP contribution in [0.2, 0.25) is 0 Å². The predicted octanol–water partition coefficient (Wildman–Crippen LogP) is -2.67. The summed E-state index contributed by atoms with van der Waals surface area (Å²) >= 11 is 0. The molecule has 0 N–H and O–H groups in total. The van der Waals surface area contributed by atoms with Gasteiger partial charge in [0.1, 0.15) is 0 Å². The highest BCUT2D eigenvalue weighted by molar-refractivity contribution is 8.10. The second-order valence-electron chi connectivity index (χ2n) is 2.12. The third-order valence-corrected chi connectivity index (χ3v) is 1.56. The standard InChI is InChI=1S/B7/c1-2-7-4-3-6(1)5-7. The zero-order chi connectivity index (χ0) is 4.69. The monoisotopic (exact) mass is 77.1 g/mol. The molecule has 0 saturated carbocycles. The lowest BCUT2D eigenvalue weighted by atomic mass is 8.81. The summed E-state index contributed by atoms with van der Waals surface area (Å²) in [4.78, 5) is 0. The first-order valence-corrected chi connectivity index (χ1v) is 2.67. The van der Waals surface area contributed by atoms with Crippen molar-refractivity contribution in [3.05, 3.63) is 0 Å². The Bertz CT molecular complexity index is 58.1. The summed E-state index contributed by atoms with van der Waals surface area (Å²) in [7, 11) is 11.3. The Kier molecular flexibility index (Phi) is 0.908. The number of rotatable bonds is 0. The second-order valence-corrected chi connectivity index (χ2v) is 2.12. The minimum absolute atomic E-state index is 0.685. The summed E-state index contributed by atoms with van der Waals surface area (Å²) in [6.45, 7) is 0. The lowest BCUT2D eigenvalue weighted by molar-refractivity contribution is 3.76. The number of hydrogen-bond acceptors (Lipinski definition) is 0. The first-order valence-electron chi connectivity index (χ1n) is 2.67. The fourth-order valence-electron chi connectivity index (χ4n) is 1.15. The quantitative estimate of drug-likeness (QED) is 0.276. The Morgan fingerprint density at radius 3 is 1.29 bits per heavy atom. The molecule has 2 saturated heterocycles. The van der Waals surface area contributed by atoms with Gasteiger partial charge in [0.15, 0.2) is 0 Å². The molecule has 2 aliphatic rings. The number of fused-ring (bicyclic) bond motifs is 2. The molecule has 5 radical (unpaired) electrons. The van der Waals surface area contributed by atoms with E-state index >= 15 is 0 Å². The van der Waals surface area contributed by atoms with Crippen LogP contribution in [0.5, 0.6) is 0 Å². The minimum Gasteiger partial charge on any atom is 0 e. The molecule has 0 aliphatic carbocycles. The Morgan fingerprint density at radius 1 is 0.714 bits per heavy atom. The van der Waals surface area contributed by atoms with Crippen molar-refractivity contribution in [2.24, 2.45) is 0 Å². The molecule has 2 heterocycles. The molecule has 2 rings (SSSR count). The van der Waals surface area contributed by atoms with E-state index in [9.17, 15) is 0 Å². The largest absolute Gasteiger partial charge is 0 e. The summed E-state index contributed by atoms with van der Waals surface area (Å²) in [6, 6.07) is 0. The van der Waals surface area contributed by atoms with Crippen molar-refractivity contribution in [1.29, 1.82) is 0 Å². The van der Waals surface area contributed by atoms with E-state index in [4.69, 9.17) is 0 Å². The lowest BCUT2D eigenvalue weighted by Crippen LogP contribution is -2.38. The SMILES string of the molecule is [B]1[B]B2[B][B]B1[B]2. The van der Waals surface area contributed by atoms with E-state index in [0.717, 1.165) is 0 Å². The molecule has 0 aromatic carbocycles. The van der Waals surface area contributed by atoms with Crippen LogP contribution in [0.15, 0.2) is 0 Å². The van der Waals surface area contributed by atoms with Gasteiger partial charge in [0, 0.05) is 48.1 Å². The van der Waals surface area contributed by atoms with Crippen molar-refractivity contribution in [2.45, 2.75) is 0 Å². The summed E-state index contributed by atoms with van der Waals surface area (Å²) in [5, 5.41) is 0. The Hall–Kier alpha value is 0.455. The Labute approximate surface area is 48.8 Å². The molecule has 0 aromatic heterocycles. The molecule has 2 bridgehead atoms. The number of hydrogen-bond donors (Lipinski definition) is 0. The molecule has 7 heteroatoms. The zero-order valence-electron chi connectivity index (χ0n) is 4.04. The maximum absolute atomic E-state index is 2.33. The Morgan fingerprint density at radius 2 is 1.14 bits per heavy atom. The fourth-order valence-corrected chi connectivity index (χ4v) is 1.15. The van der Waals surface area contributed by atoms with E-state index in [-0.39, 0.29) is 0 Å². The molecular formula is B7. The Balaban J connectivity index is 2.12. The molecule has 2 aliphatic heterocycles. The first-order chi connectivity index (χ1) is 3.45. The third kappa shape index (κ3) is 0.613. The van der Waals surface area contributed by atoms with Gasteiger partial charge in [-0.25, -0.2) is 0 Å². The summed E-state index contributed by atoms with van der Waals surface area (Å²) in [5.41, 5.74) is 0. The fraction of sp³-hybridized carbons (Fsp3) is 0. The van der Waals surface area contributed by atoms with E-state index in [1.54, 1.807) is 0 Å². The molecule has 0 nitrogen and oxygen atoms in total. The smallest absolute Gasteiger partial charge is 0 e. The normalized spacial score (nSPS) is 21.7. The first kappa shape index (κ1) is 4.34. The lowest BCUT2D eigenvalue weighted by Gasteiger charge is -2.00. The average Bonchev–Trinajstić information content (AvgIpc) is 2.22. The molecule has 0 amide bonds. The minimum atomic E-state index is 0.685. The van der Waals surface area contributed by atoms with Gasteiger partial charge in [0.05, 0.1) is 0 Å². The molecular weight excluding hydrogens is 75.7 g/mol. The van der Waals surface area contributed by atoms with Gasteiger partial charge in [-0.05, 0) is 0 Å². The highest BCUT2D eigenvalue weighted by atomic mass is 13.2.